The van der Waals surface area contributed by atoms with Crippen LogP contribution in [0.4, 0.5) is 0 Å². The van der Waals surface area contributed by atoms with E-state index in [1.165, 1.54) is 0 Å². The molecule has 0 amide bonds. The highest BCUT2D eigenvalue weighted by atomic mass is 79.9. The van der Waals surface area contributed by atoms with Crippen molar-refractivity contribution in [2.24, 2.45) is 0 Å². The van der Waals surface area contributed by atoms with E-state index in [2.05, 4.69) is 15.8 Å². The lowest BCUT2D eigenvalue weighted by Gasteiger charge is -1.86. The second kappa shape index (κ2) is 16.0. The van der Waals surface area contributed by atoms with E-state index >= 15 is 0 Å². The van der Waals surface area contributed by atoms with E-state index in [-0.39, 0.29) is 0 Å². The van der Waals surface area contributed by atoms with Crippen molar-refractivity contribution in [3.05, 3.63) is 0 Å². The van der Waals surface area contributed by atoms with E-state index in [1.807, 2.05) is 20.5 Å². The summed E-state index contributed by atoms with van der Waals surface area (Å²) in [5.74, 6) is 0. The molecule has 0 spiro atoms. The van der Waals surface area contributed by atoms with Gasteiger partial charge in [0.25, 0.3) is 0 Å². The van der Waals surface area contributed by atoms with Crippen LogP contribution < -0.4 is 0 Å². The van der Waals surface area contributed by atoms with Gasteiger partial charge in [-0.2, -0.15) is 15.8 Å². The largest absolute Gasteiger partial charge is 0.382 e. The minimum absolute atomic E-state index is 0.844. The maximum absolute atomic E-state index is 4.83. The third-order valence-electron chi connectivity index (χ3n) is 0.408. The number of halogens is 1. The molecular formula is C4H12BBrO. The molecule has 44 valence electrons. The van der Waals surface area contributed by atoms with E-state index in [1.54, 1.807) is 0 Å². The zero-order valence-corrected chi connectivity index (χ0v) is 6.79. The summed E-state index contributed by atoms with van der Waals surface area (Å²) >= 11 is 2.94. The van der Waals surface area contributed by atoms with Gasteiger partial charge in [-0.15, -0.1) is 0 Å². The van der Waals surface area contributed by atoms with Crippen LogP contribution in [0.15, 0.2) is 0 Å². The first kappa shape index (κ1) is 10.5. The molecule has 0 aromatic carbocycles. The standard InChI is InChI=1S/C4H10O.BBrH2/c1-3-5-4-2;1-2/h3-4H2,1-2H3;1H2. The highest BCUT2D eigenvalue weighted by molar-refractivity contribution is 9.22. The maximum Gasteiger partial charge on any atom is 0.186 e. The number of ether oxygens (including phenoxy) is 1. The monoisotopic (exact) mass is 166 g/mol. The van der Waals surface area contributed by atoms with Gasteiger partial charge in [0.1, 0.15) is 0 Å². The Morgan fingerprint density at radius 1 is 1.29 bits per heavy atom. The van der Waals surface area contributed by atoms with Crippen LogP contribution in [0.2, 0.25) is 0 Å². The van der Waals surface area contributed by atoms with Crippen molar-refractivity contribution in [2.75, 3.05) is 13.2 Å². The first-order valence-corrected chi connectivity index (χ1v) is 3.96. The van der Waals surface area contributed by atoms with Crippen LogP contribution in [0.1, 0.15) is 13.8 Å². The van der Waals surface area contributed by atoms with Crippen molar-refractivity contribution in [2.45, 2.75) is 13.8 Å². The van der Waals surface area contributed by atoms with E-state index in [4.69, 9.17) is 4.74 Å². The molecule has 0 atom stereocenters. The van der Waals surface area contributed by atoms with Crippen molar-refractivity contribution in [3.63, 3.8) is 0 Å². The topological polar surface area (TPSA) is 9.23 Å². The second-order valence-corrected chi connectivity index (χ2v) is 0.781. The van der Waals surface area contributed by atoms with Crippen molar-refractivity contribution in [1.82, 2.24) is 0 Å². The third-order valence-corrected chi connectivity index (χ3v) is 0.408. The first-order valence-electron chi connectivity index (χ1n) is 2.37. The second-order valence-electron chi connectivity index (χ2n) is 0.781. The average Bonchev–Trinajstić information content (AvgIpc) is 1.75. The first-order chi connectivity index (χ1) is 3.41. The van der Waals surface area contributed by atoms with Crippen molar-refractivity contribution >= 4 is 22.4 Å². The quantitative estimate of drug-likeness (QED) is 0.556. The van der Waals surface area contributed by atoms with Gasteiger partial charge in [0.2, 0.25) is 0 Å². The lowest BCUT2D eigenvalue weighted by atomic mass is 10.8. The van der Waals surface area contributed by atoms with Gasteiger partial charge in [-0.25, -0.2) is 0 Å². The molecule has 0 bridgehead atoms. The van der Waals surface area contributed by atoms with Crippen molar-refractivity contribution < 1.29 is 4.74 Å². The fraction of sp³-hybridized carbons (Fsp3) is 1.00. The van der Waals surface area contributed by atoms with Crippen molar-refractivity contribution in [1.29, 1.82) is 0 Å². The Morgan fingerprint density at radius 3 is 1.57 bits per heavy atom. The summed E-state index contributed by atoms with van der Waals surface area (Å²) in [5, 5.41) is 0. The summed E-state index contributed by atoms with van der Waals surface area (Å²) in [6.45, 7) is 7.48. The van der Waals surface area contributed by atoms with Crippen molar-refractivity contribution in [3.8, 4) is 0 Å². The van der Waals surface area contributed by atoms with Gasteiger partial charge < -0.3 is 4.74 Å². The van der Waals surface area contributed by atoms with Crippen LogP contribution in [0, 0.1) is 0 Å². The molecule has 0 aromatic heterocycles. The van der Waals surface area contributed by atoms with Crippen LogP contribution in [0.3, 0.4) is 0 Å². The minimum Gasteiger partial charge on any atom is -0.382 e. The molecule has 0 aliphatic heterocycles. The summed E-state index contributed by atoms with van der Waals surface area (Å²) in [4.78, 5) is 0. The summed E-state index contributed by atoms with van der Waals surface area (Å²) in [6, 6.07) is 0. The predicted octanol–water partition coefficient (Wildman–Crippen LogP) is 0.972. The Morgan fingerprint density at radius 2 is 1.57 bits per heavy atom. The molecule has 0 aromatic rings. The molecule has 0 saturated carbocycles. The van der Waals surface area contributed by atoms with Gasteiger partial charge in [-0.1, -0.05) is 0 Å². The van der Waals surface area contributed by atoms with E-state index < -0.39 is 0 Å². The van der Waals surface area contributed by atoms with Crippen LogP contribution in [-0.4, -0.2) is 19.9 Å². The lowest BCUT2D eigenvalue weighted by molar-refractivity contribution is 0.162. The van der Waals surface area contributed by atoms with Gasteiger partial charge in [0.05, 0.1) is 0 Å². The molecule has 3 heteroatoms. The zero-order chi connectivity index (χ0) is 6.12. The van der Waals surface area contributed by atoms with Crippen LogP contribution in [-0.2, 0) is 4.74 Å². The molecule has 0 radical (unpaired) electrons. The van der Waals surface area contributed by atoms with Gasteiger partial charge in [0, 0.05) is 13.2 Å². The summed E-state index contributed by atoms with van der Waals surface area (Å²) in [5.41, 5.74) is 0. The summed E-state index contributed by atoms with van der Waals surface area (Å²) in [7, 11) is 0. The average molecular weight is 167 g/mol. The molecule has 0 N–H and O–H groups in total. The van der Waals surface area contributed by atoms with E-state index in [0.717, 1.165) is 13.2 Å². The Kier molecular flexibility index (Phi) is 24.0. The van der Waals surface area contributed by atoms with E-state index in [0.29, 0.717) is 0 Å². The number of hydrogen-bond acceptors (Lipinski definition) is 1. The highest BCUT2D eigenvalue weighted by Crippen LogP contribution is 1.64. The van der Waals surface area contributed by atoms with Gasteiger partial charge in [-0.05, 0) is 13.8 Å². The van der Waals surface area contributed by atoms with Crippen LogP contribution in [0.5, 0.6) is 0 Å². The minimum atomic E-state index is 0.844. The Bertz CT molecular complexity index is 19.2. The molecule has 0 rings (SSSR count). The Hall–Kier alpha value is 0.505. The number of hydrogen-bond donors (Lipinski definition) is 0. The lowest BCUT2D eigenvalue weighted by Crippen LogP contribution is -1.84. The smallest absolute Gasteiger partial charge is 0.186 e. The fourth-order valence-electron chi connectivity index (χ4n) is 0.204. The molecule has 0 fully saturated rings. The van der Waals surface area contributed by atoms with Crippen LogP contribution in [0.25, 0.3) is 0 Å². The van der Waals surface area contributed by atoms with Gasteiger partial charge in [0.15, 0.2) is 6.67 Å². The van der Waals surface area contributed by atoms with Gasteiger partial charge >= 0.3 is 0 Å². The highest BCUT2D eigenvalue weighted by Gasteiger charge is 1.64. The predicted molar refractivity (Wildman–Crippen MR) is 39.6 cm³/mol. The Balaban J connectivity index is 0. The molecule has 7 heavy (non-hydrogen) atoms. The molecular weight excluding hydrogens is 155 g/mol. The van der Waals surface area contributed by atoms with Crippen LogP contribution >= 0.6 is 15.8 Å². The Labute approximate surface area is 54.8 Å². The molecule has 0 saturated heterocycles. The fourth-order valence-corrected chi connectivity index (χ4v) is 0.204. The molecule has 0 aliphatic carbocycles. The molecule has 0 aliphatic rings. The zero-order valence-electron chi connectivity index (χ0n) is 5.20. The normalized spacial score (nSPS) is 6.71. The number of rotatable bonds is 2. The third kappa shape index (κ3) is 21.0. The molecule has 0 heterocycles. The maximum atomic E-state index is 4.83. The van der Waals surface area contributed by atoms with E-state index in [9.17, 15) is 0 Å². The SMILES string of the molecule is BBr.CCOCC. The molecule has 0 unspecified atom stereocenters. The van der Waals surface area contributed by atoms with Gasteiger partial charge in [-0.3, -0.25) is 0 Å². The summed E-state index contributed by atoms with van der Waals surface area (Å²) < 4.78 is 4.83. The molecule has 1 nitrogen and oxygen atoms in total. The summed E-state index contributed by atoms with van der Waals surface area (Å²) in [6.07, 6.45) is 0.